The molecule has 2 nitrogen and oxygen atoms in total. The van der Waals surface area contributed by atoms with Crippen LogP contribution in [0, 0.1) is 0 Å². The number of hydrogen-bond acceptors (Lipinski definition) is 2. The number of alkyl halides is 3. The average Bonchev–Trinajstić information content (AvgIpc) is 2.34. The van der Waals surface area contributed by atoms with Crippen molar-refractivity contribution in [3.63, 3.8) is 0 Å². The van der Waals surface area contributed by atoms with Crippen LogP contribution in [0.1, 0.15) is 6.42 Å². The summed E-state index contributed by atoms with van der Waals surface area (Å²) in [4.78, 5) is 0.403. The molecule has 1 fully saturated rings. The van der Waals surface area contributed by atoms with E-state index >= 15 is 0 Å². The Morgan fingerprint density at radius 2 is 2.09 bits per heavy atom. The van der Waals surface area contributed by atoms with Crippen molar-refractivity contribution in [1.29, 1.82) is 0 Å². The number of hydrogen-bond donors (Lipinski definition) is 0. The third kappa shape index (κ3) is 2.07. The van der Waals surface area contributed by atoms with E-state index in [2.05, 4.69) is 0 Å². The Bertz CT molecular complexity index is 130. The fourth-order valence-corrected chi connectivity index (χ4v) is 1.03. The fraction of sp³-hybridized carbons (Fsp3) is 1.00. The van der Waals surface area contributed by atoms with E-state index in [1.807, 2.05) is 0 Å². The lowest BCUT2D eigenvalue weighted by atomic mass is 10.2. The normalized spacial score (nSPS) is 26.5. The molecule has 1 unspecified atom stereocenters. The molecule has 66 valence electrons. The molecule has 1 saturated heterocycles. The molecule has 0 aromatic heterocycles. The van der Waals surface area contributed by atoms with Crippen LogP contribution in [0.3, 0.4) is 0 Å². The first-order valence-corrected chi connectivity index (χ1v) is 3.39. The molecule has 1 heterocycles. The molecule has 0 spiro atoms. The second-order valence-electron chi connectivity index (χ2n) is 2.60. The minimum atomic E-state index is -4.22. The zero-order valence-corrected chi connectivity index (χ0v) is 6.19. The molecule has 0 N–H and O–H groups in total. The van der Waals surface area contributed by atoms with Gasteiger partial charge < -0.3 is 4.74 Å². The first-order valence-electron chi connectivity index (χ1n) is 3.39. The SMILES string of the molecule is CN(C1CCOC1)C(F)(F)F. The molecule has 0 bridgehead atoms. The lowest BCUT2D eigenvalue weighted by molar-refractivity contribution is -0.248. The van der Waals surface area contributed by atoms with E-state index in [0.717, 1.165) is 7.05 Å². The van der Waals surface area contributed by atoms with Crippen LogP contribution in [0.15, 0.2) is 0 Å². The van der Waals surface area contributed by atoms with Crippen LogP contribution in [0.25, 0.3) is 0 Å². The van der Waals surface area contributed by atoms with Gasteiger partial charge in [-0.2, -0.15) is 13.2 Å². The average molecular weight is 169 g/mol. The van der Waals surface area contributed by atoms with Gasteiger partial charge in [0.1, 0.15) is 0 Å². The van der Waals surface area contributed by atoms with E-state index in [1.165, 1.54) is 0 Å². The van der Waals surface area contributed by atoms with E-state index in [0.29, 0.717) is 17.9 Å². The van der Waals surface area contributed by atoms with E-state index in [4.69, 9.17) is 4.74 Å². The molecule has 0 aromatic carbocycles. The summed E-state index contributed by atoms with van der Waals surface area (Å²) in [5.41, 5.74) is 0. The molecule has 1 rings (SSSR count). The summed E-state index contributed by atoms with van der Waals surface area (Å²) >= 11 is 0. The second kappa shape index (κ2) is 2.98. The maximum atomic E-state index is 12.0. The van der Waals surface area contributed by atoms with Gasteiger partial charge in [-0.25, -0.2) is 4.90 Å². The van der Waals surface area contributed by atoms with E-state index < -0.39 is 12.3 Å². The topological polar surface area (TPSA) is 12.5 Å². The summed E-state index contributed by atoms with van der Waals surface area (Å²) < 4.78 is 40.7. The van der Waals surface area contributed by atoms with E-state index in [1.54, 1.807) is 0 Å². The number of rotatable bonds is 1. The van der Waals surface area contributed by atoms with Crippen LogP contribution in [0.2, 0.25) is 0 Å². The van der Waals surface area contributed by atoms with Crippen molar-refractivity contribution in [2.75, 3.05) is 20.3 Å². The molecule has 0 saturated carbocycles. The van der Waals surface area contributed by atoms with Crippen LogP contribution in [0.5, 0.6) is 0 Å². The highest BCUT2D eigenvalue weighted by atomic mass is 19.4. The summed E-state index contributed by atoms with van der Waals surface area (Å²) in [6.07, 6.45) is -3.76. The van der Waals surface area contributed by atoms with Gasteiger partial charge >= 0.3 is 6.30 Å². The van der Waals surface area contributed by atoms with Crippen LogP contribution in [0.4, 0.5) is 13.2 Å². The predicted molar refractivity (Wildman–Crippen MR) is 33.0 cm³/mol. The summed E-state index contributed by atoms with van der Waals surface area (Å²) in [5, 5.41) is 0. The molecule has 0 aromatic rings. The van der Waals surface area contributed by atoms with Crippen molar-refractivity contribution in [1.82, 2.24) is 4.90 Å². The summed E-state index contributed by atoms with van der Waals surface area (Å²) in [5.74, 6) is 0. The van der Waals surface area contributed by atoms with Crippen molar-refractivity contribution >= 4 is 0 Å². The molecular weight excluding hydrogens is 159 g/mol. The number of ether oxygens (including phenoxy) is 1. The van der Waals surface area contributed by atoms with Crippen LogP contribution < -0.4 is 0 Å². The number of halogens is 3. The molecule has 1 aliphatic heterocycles. The van der Waals surface area contributed by atoms with Gasteiger partial charge in [-0.05, 0) is 13.5 Å². The predicted octanol–water partition coefficient (Wildman–Crippen LogP) is 1.23. The van der Waals surface area contributed by atoms with Gasteiger partial charge in [0, 0.05) is 12.6 Å². The lowest BCUT2D eigenvalue weighted by Gasteiger charge is -2.24. The summed E-state index contributed by atoms with van der Waals surface area (Å²) in [6, 6.07) is -0.491. The Morgan fingerprint density at radius 3 is 2.45 bits per heavy atom. The van der Waals surface area contributed by atoms with Crippen molar-refractivity contribution in [2.45, 2.75) is 18.8 Å². The fourth-order valence-electron chi connectivity index (χ4n) is 1.03. The standard InChI is InChI=1S/C6H10F3NO/c1-10(6(7,8)9)5-2-3-11-4-5/h5H,2-4H2,1H3. The maximum absolute atomic E-state index is 12.0. The molecule has 5 heteroatoms. The van der Waals surface area contributed by atoms with Crippen molar-refractivity contribution < 1.29 is 17.9 Å². The van der Waals surface area contributed by atoms with Gasteiger partial charge in [-0.3, -0.25) is 0 Å². The lowest BCUT2D eigenvalue weighted by Crippen LogP contribution is -2.42. The Labute approximate surface area is 62.9 Å². The minimum absolute atomic E-state index is 0.190. The van der Waals surface area contributed by atoms with Gasteiger partial charge in [0.25, 0.3) is 0 Å². The van der Waals surface area contributed by atoms with E-state index in [-0.39, 0.29) is 6.61 Å². The number of likely N-dealkylation sites (N-methyl/N-ethyl adjacent to an activating group) is 1. The Kier molecular flexibility index (Phi) is 2.39. The van der Waals surface area contributed by atoms with Gasteiger partial charge in [0.15, 0.2) is 0 Å². The monoisotopic (exact) mass is 169 g/mol. The highest BCUT2D eigenvalue weighted by molar-refractivity contribution is 4.73. The van der Waals surface area contributed by atoms with Crippen LogP contribution >= 0.6 is 0 Å². The summed E-state index contributed by atoms with van der Waals surface area (Å²) in [6.45, 7) is 0.626. The number of nitrogens with zero attached hydrogens (tertiary/aromatic N) is 1. The quantitative estimate of drug-likeness (QED) is 0.547. The van der Waals surface area contributed by atoms with Gasteiger partial charge in [0.05, 0.1) is 6.61 Å². The van der Waals surface area contributed by atoms with E-state index in [9.17, 15) is 13.2 Å². The highest BCUT2D eigenvalue weighted by Crippen LogP contribution is 2.24. The molecule has 0 aliphatic carbocycles. The van der Waals surface area contributed by atoms with Crippen molar-refractivity contribution in [2.24, 2.45) is 0 Å². The minimum Gasteiger partial charge on any atom is -0.380 e. The third-order valence-electron chi connectivity index (χ3n) is 1.85. The van der Waals surface area contributed by atoms with Crippen LogP contribution in [-0.2, 0) is 4.74 Å². The zero-order valence-electron chi connectivity index (χ0n) is 6.19. The van der Waals surface area contributed by atoms with Crippen molar-refractivity contribution in [3.8, 4) is 0 Å². The highest BCUT2D eigenvalue weighted by Gasteiger charge is 2.39. The third-order valence-corrected chi connectivity index (χ3v) is 1.85. The molecular formula is C6H10F3NO. The Hall–Kier alpha value is -0.290. The molecule has 1 aliphatic rings. The molecule has 1 atom stereocenters. The van der Waals surface area contributed by atoms with Gasteiger partial charge in [0.2, 0.25) is 0 Å². The first-order chi connectivity index (χ1) is 5.02. The molecule has 0 radical (unpaired) electrons. The van der Waals surface area contributed by atoms with Crippen LogP contribution in [-0.4, -0.2) is 37.5 Å². The largest absolute Gasteiger partial charge is 0.459 e. The Morgan fingerprint density at radius 1 is 1.45 bits per heavy atom. The maximum Gasteiger partial charge on any atom is 0.459 e. The zero-order chi connectivity index (χ0) is 8.48. The van der Waals surface area contributed by atoms with Crippen molar-refractivity contribution in [3.05, 3.63) is 0 Å². The molecule has 0 amide bonds. The molecule has 11 heavy (non-hydrogen) atoms. The van der Waals surface area contributed by atoms with Gasteiger partial charge in [-0.1, -0.05) is 0 Å². The Balaban J connectivity index is 2.46. The van der Waals surface area contributed by atoms with Gasteiger partial charge in [-0.15, -0.1) is 0 Å². The summed E-state index contributed by atoms with van der Waals surface area (Å²) in [7, 11) is 1.05. The smallest absolute Gasteiger partial charge is 0.380 e. The second-order valence-corrected chi connectivity index (χ2v) is 2.60. The first kappa shape index (κ1) is 8.80.